The molecule has 1 heterocycles. The normalized spacial score (nSPS) is 10.5. The van der Waals surface area contributed by atoms with Crippen LogP contribution in [0.5, 0.6) is 5.75 Å². The van der Waals surface area contributed by atoms with E-state index in [1.54, 1.807) is 7.11 Å². The van der Waals surface area contributed by atoms with Crippen LogP contribution in [0.3, 0.4) is 0 Å². The number of amides is 1. The van der Waals surface area contributed by atoms with Crippen LogP contribution in [0.4, 0.5) is 5.69 Å². The summed E-state index contributed by atoms with van der Waals surface area (Å²) in [6.07, 6.45) is 0. The molecule has 2 aromatic carbocycles. The number of nitrogens with one attached hydrogen (secondary N) is 1. The monoisotopic (exact) mass is 337 g/mol. The predicted molar refractivity (Wildman–Crippen MR) is 94.4 cm³/mol. The van der Waals surface area contributed by atoms with E-state index in [0.29, 0.717) is 17.3 Å². The summed E-state index contributed by atoms with van der Waals surface area (Å²) >= 11 is 0. The quantitative estimate of drug-likeness (QED) is 0.774. The van der Waals surface area contributed by atoms with Crippen LogP contribution in [0.1, 0.15) is 11.1 Å². The van der Waals surface area contributed by atoms with Crippen LogP contribution in [-0.2, 0) is 11.3 Å². The number of aromatic nitrogens is 4. The lowest BCUT2D eigenvalue weighted by Gasteiger charge is -2.10. The molecule has 1 amide bonds. The van der Waals surface area contributed by atoms with E-state index in [9.17, 15) is 4.79 Å². The molecule has 0 spiro atoms. The molecular weight excluding hydrogens is 318 g/mol. The third kappa shape index (κ3) is 4.00. The standard InChI is InChI=1S/C18H19N5O2/c1-12-4-7-14(8-5-12)18-20-22-23(21-18)11-17(24)19-15-10-13(2)6-9-16(15)25-3/h4-10H,11H2,1-3H3,(H,19,24). The molecule has 0 aliphatic heterocycles. The third-order valence-electron chi connectivity index (χ3n) is 3.68. The Kier molecular flexibility index (Phi) is 4.74. The molecule has 128 valence electrons. The molecule has 3 rings (SSSR count). The van der Waals surface area contributed by atoms with Crippen molar-refractivity contribution in [1.29, 1.82) is 0 Å². The second-order valence-electron chi connectivity index (χ2n) is 5.76. The van der Waals surface area contributed by atoms with Crippen molar-refractivity contribution in [2.75, 3.05) is 12.4 Å². The Balaban J connectivity index is 1.70. The number of benzene rings is 2. The summed E-state index contributed by atoms with van der Waals surface area (Å²) in [5.41, 5.74) is 3.66. The zero-order valence-corrected chi connectivity index (χ0v) is 14.4. The number of tetrazole rings is 1. The van der Waals surface area contributed by atoms with Gasteiger partial charge in [-0.3, -0.25) is 4.79 Å². The predicted octanol–water partition coefficient (Wildman–Crippen LogP) is 2.60. The lowest BCUT2D eigenvalue weighted by molar-refractivity contribution is -0.117. The molecule has 0 radical (unpaired) electrons. The molecule has 0 unspecified atom stereocenters. The largest absolute Gasteiger partial charge is 0.495 e. The van der Waals surface area contributed by atoms with Crippen LogP contribution < -0.4 is 10.1 Å². The van der Waals surface area contributed by atoms with E-state index >= 15 is 0 Å². The summed E-state index contributed by atoms with van der Waals surface area (Å²) in [6.45, 7) is 3.93. The first-order chi connectivity index (χ1) is 12.0. The number of hydrogen-bond acceptors (Lipinski definition) is 5. The van der Waals surface area contributed by atoms with Crippen LogP contribution in [0, 0.1) is 13.8 Å². The molecule has 0 saturated heterocycles. The number of rotatable bonds is 5. The maximum atomic E-state index is 12.3. The van der Waals surface area contributed by atoms with E-state index in [2.05, 4.69) is 20.7 Å². The number of carbonyl (C=O) groups excluding carboxylic acids is 1. The minimum atomic E-state index is -0.253. The zero-order valence-electron chi connectivity index (χ0n) is 14.4. The first kappa shape index (κ1) is 16.6. The Labute approximate surface area is 145 Å². The van der Waals surface area contributed by atoms with Crippen molar-refractivity contribution < 1.29 is 9.53 Å². The van der Waals surface area contributed by atoms with Gasteiger partial charge in [0, 0.05) is 5.56 Å². The third-order valence-corrected chi connectivity index (χ3v) is 3.68. The molecule has 0 saturated carbocycles. The van der Waals surface area contributed by atoms with E-state index in [4.69, 9.17) is 4.74 Å². The van der Waals surface area contributed by atoms with Crippen molar-refractivity contribution in [1.82, 2.24) is 20.2 Å². The highest BCUT2D eigenvalue weighted by atomic mass is 16.5. The molecule has 0 aliphatic carbocycles. The summed E-state index contributed by atoms with van der Waals surface area (Å²) in [7, 11) is 1.56. The fraction of sp³-hybridized carbons (Fsp3) is 0.222. The maximum absolute atomic E-state index is 12.3. The second kappa shape index (κ2) is 7.12. The van der Waals surface area contributed by atoms with Crippen LogP contribution >= 0.6 is 0 Å². The highest BCUT2D eigenvalue weighted by Crippen LogP contribution is 2.25. The average molecular weight is 337 g/mol. The molecule has 0 bridgehead atoms. The van der Waals surface area contributed by atoms with Gasteiger partial charge >= 0.3 is 0 Å². The number of carbonyl (C=O) groups is 1. The molecule has 0 atom stereocenters. The second-order valence-corrected chi connectivity index (χ2v) is 5.76. The number of aryl methyl sites for hydroxylation is 2. The van der Waals surface area contributed by atoms with Crippen molar-refractivity contribution >= 4 is 11.6 Å². The minimum Gasteiger partial charge on any atom is -0.495 e. The first-order valence-electron chi connectivity index (χ1n) is 7.84. The smallest absolute Gasteiger partial charge is 0.248 e. The molecule has 1 N–H and O–H groups in total. The Bertz CT molecular complexity index is 887. The number of nitrogens with zero attached hydrogens (tertiary/aromatic N) is 4. The van der Waals surface area contributed by atoms with Gasteiger partial charge in [0.25, 0.3) is 0 Å². The molecular formula is C18H19N5O2. The highest BCUT2D eigenvalue weighted by Gasteiger charge is 2.11. The molecule has 7 nitrogen and oxygen atoms in total. The summed E-state index contributed by atoms with van der Waals surface area (Å²) in [5.74, 6) is 0.837. The molecule has 1 aromatic heterocycles. The van der Waals surface area contributed by atoms with E-state index in [0.717, 1.165) is 16.7 Å². The number of methoxy groups -OCH3 is 1. The van der Waals surface area contributed by atoms with Crippen LogP contribution in [0.15, 0.2) is 42.5 Å². The van der Waals surface area contributed by atoms with Crippen LogP contribution in [0.25, 0.3) is 11.4 Å². The van der Waals surface area contributed by atoms with Gasteiger partial charge in [-0.25, -0.2) is 0 Å². The van der Waals surface area contributed by atoms with Crippen molar-refractivity contribution in [2.24, 2.45) is 0 Å². The SMILES string of the molecule is COc1ccc(C)cc1NC(=O)Cn1nnc(-c2ccc(C)cc2)n1. The summed E-state index contributed by atoms with van der Waals surface area (Å²) < 4.78 is 5.26. The maximum Gasteiger partial charge on any atom is 0.248 e. The number of anilines is 1. The summed E-state index contributed by atoms with van der Waals surface area (Å²) in [5, 5.41) is 15.0. The van der Waals surface area contributed by atoms with Gasteiger partial charge in [0.1, 0.15) is 12.3 Å². The van der Waals surface area contributed by atoms with Crippen molar-refractivity contribution in [3.63, 3.8) is 0 Å². The Morgan fingerprint density at radius 3 is 2.56 bits per heavy atom. The number of hydrogen-bond donors (Lipinski definition) is 1. The van der Waals surface area contributed by atoms with Gasteiger partial charge in [0.2, 0.25) is 11.7 Å². The Morgan fingerprint density at radius 2 is 1.84 bits per heavy atom. The minimum absolute atomic E-state index is 0.0318. The molecule has 3 aromatic rings. The lowest BCUT2D eigenvalue weighted by atomic mass is 10.1. The molecule has 25 heavy (non-hydrogen) atoms. The van der Waals surface area contributed by atoms with Gasteiger partial charge in [0.15, 0.2) is 0 Å². The van der Waals surface area contributed by atoms with Crippen molar-refractivity contribution in [3.8, 4) is 17.1 Å². The van der Waals surface area contributed by atoms with Crippen LogP contribution in [0.2, 0.25) is 0 Å². The molecule has 0 aliphatic rings. The van der Waals surface area contributed by atoms with Gasteiger partial charge in [-0.15, -0.1) is 10.2 Å². The Hall–Kier alpha value is -3.22. The summed E-state index contributed by atoms with van der Waals surface area (Å²) in [6, 6.07) is 13.4. The van der Waals surface area contributed by atoms with Gasteiger partial charge in [-0.1, -0.05) is 35.9 Å². The van der Waals surface area contributed by atoms with E-state index in [-0.39, 0.29) is 12.5 Å². The van der Waals surface area contributed by atoms with Crippen LogP contribution in [-0.4, -0.2) is 33.2 Å². The van der Waals surface area contributed by atoms with E-state index in [1.807, 2.05) is 56.3 Å². The van der Waals surface area contributed by atoms with Crippen molar-refractivity contribution in [3.05, 3.63) is 53.6 Å². The fourth-order valence-corrected chi connectivity index (χ4v) is 2.37. The molecule has 0 fully saturated rings. The zero-order chi connectivity index (χ0) is 17.8. The fourth-order valence-electron chi connectivity index (χ4n) is 2.37. The average Bonchev–Trinajstić information content (AvgIpc) is 3.04. The lowest BCUT2D eigenvalue weighted by Crippen LogP contribution is -2.20. The van der Waals surface area contributed by atoms with E-state index in [1.165, 1.54) is 4.80 Å². The topological polar surface area (TPSA) is 81.9 Å². The highest BCUT2D eigenvalue weighted by molar-refractivity contribution is 5.92. The first-order valence-corrected chi connectivity index (χ1v) is 7.84. The summed E-state index contributed by atoms with van der Waals surface area (Å²) in [4.78, 5) is 13.5. The van der Waals surface area contributed by atoms with E-state index < -0.39 is 0 Å². The van der Waals surface area contributed by atoms with Crippen molar-refractivity contribution in [2.45, 2.75) is 20.4 Å². The van der Waals surface area contributed by atoms with Gasteiger partial charge in [0.05, 0.1) is 12.8 Å². The molecule has 7 heteroatoms. The van der Waals surface area contributed by atoms with Gasteiger partial charge in [-0.05, 0) is 36.8 Å². The van der Waals surface area contributed by atoms with Gasteiger partial charge < -0.3 is 10.1 Å². The Morgan fingerprint density at radius 1 is 1.12 bits per heavy atom. The van der Waals surface area contributed by atoms with Gasteiger partial charge in [-0.2, -0.15) is 4.80 Å². The number of ether oxygens (including phenoxy) is 1.